The van der Waals surface area contributed by atoms with Gasteiger partial charge in [0.25, 0.3) is 0 Å². The van der Waals surface area contributed by atoms with Gasteiger partial charge in [0.05, 0.1) is 21.6 Å². The fourth-order valence-corrected chi connectivity index (χ4v) is 5.52. The highest BCUT2D eigenvalue weighted by molar-refractivity contribution is 7.92. The lowest BCUT2D eigenvalue weighted by atomic mass is 9.99. The third-order valence-electron chi connectivity index (χ3n) is 5.54. The van der Waals surface area contributed by atoms with E-state index in [0.29, 0.717) is 16.7 Å². The Morgan fingerprint density at radius 1 is 1.11 bits per heavy atom. The average molecular weight is 550 g/mol. The number of halogens is 2. The fourth-order valence-electron chi connectivity index (χ4n) is 3.79. The van der Waals surface area contributed by atoms with Crippen LogP contribution in [-0.4, -0.2) is 43.6 Å². The zero-order valence-electron chi connectivity index (χ0n) is 19.5. The normalized spacial score (nSPS) is 12.1. The smallest absolute Gasteiger partial charge is 0.238 e. The van der Waals surface area contributed by atoms with Crippen LogP contribution in [0.15, 0.2) is 47.5 Å². The molecule has 0 saturated heterocycles. The standard InChI is InChI=1S/C23H21F2N5O5S2/c1-3-8-36(32,33)30-21-18(24)7-6-16(19(21)25)22(31)20-17-10-13(11-27-23(17)29-28-20)15-5-4-14(9-12(15)2)37(26,34)35/h4-7,9-11,30H,3,8H2,1-2H3,(H2,26,34,35)(H,27,28,29). The molecule has 37 heavy (non-hydrogen) atoms. The summed E-state index contributed by atoms with van der Waals surface area (Å²) in [5.41, 5.74) is 0.120. The number of rotatable bonds is 8. The van der Waals surface area contributed by atoms with E-state index in [9.17, 15) is 26.0 Å². The molecule has 4 rings (SSSR count). The zero-order valence-corrected chi connectivity index (χ0v) is 21.2. The molecule has 2 heterocycles. The third kappa shape index (κ3) is 5.21. The van der Waals surface area contributed by atoms with E-state index in [1.54, 1.807) is 19.9 Å². The van der Waals surface area contributed by atoms with Gasteiger partial charge in [0.2, 0.25) is 25.8 Å². The number of fused-ring (bicyclic) bond motifs is 1. The van der Waals surface area contributed by atoms with Crippen LogP contribution in [0.4, 0.5) is 14.5 Å². The number of aromatic amines is 1. The van der Waals surface area contributed by atoms with E-state index >= 15 is 4.39 Å². The van der Waals surface area contributed by atoms with Crippen LogP contribution in [-0.2, 0) is 20.0 Å². The maximum Gasteiger partial charge on any atom is 0.238 e. The first-order valence-electron chi connectivity index (χ1n) is 10.8. The monoisotopic (exact) mass is 549 g/mol. The van der Waals surface area contributed by atoms with Crippen LogP contribution in [0.5, 0.6) is 0 Å². The Morgan fingerprint density at radius 2 is 1.84 bits per heavy atom. The summed E-state index contributed by atoms with van der Waals surface area (Å²) < 4.78 is 78.7. The molecule has 0 bridgehead atoms. The van der Waals surface area contributed by atoms with Gasteiger partial charge in [-0.05, 0) is 54.8 Å². The molecule has 0 spiro atoms. The van der Waals surface area contributed by atoms with Gasteiger partial charge in [-0.25, -0.2) is 35.7 Å². The second-order valence-corrected chi connectivity index (χ2v) is 11.7. The van der Waals surface area contributed by atoms with Gasteiger partial charge in [0, 0.05) is 11.8 Å². The largest absolute Gasteiger partial charge is 0.287 e. The van der Waals surface area contributed by atoms with E-state index in [4.69, 9.17) is 5.14 Å². The molecular weight excluding hydrogens is 528 g/mol. The molecule has 2 aromatic heterocycles. The number of carbonyl (C=O) groups excluding carboxylic acids is 1. The number of pyridine rings is 1. The number of aryl methyl sites for hydroxylation is 1. The molecule has 0 unspecified atom stereocenters. The zero-order chi connectivity index (χ0) is 27.1. The summed E-state index contributed by atoms with van der Waals surface area (Å²) in [6.07, 6.45) is 1.69. The number of ketones is 1. The summed E-state index contributed by atoms with van der Waals surface area (Å²) in [6.45, 7) is 3.26. The number of aromatic nitrogens is 3. The van der Waals surface area contributed by atoms with Crippen molar-refractivity contribution in [3.63, 3.8) is 0 Å². The topological polar surface area (TPSA) is 165 Å². The Kier molecular flexibility index (Phi) is 6.83. The van der Waals surface area contributed by atoms with Crippen molar-refractivity contribution in [2.75, 3.05) is 10.5 Å². The van der Waals surface area contributed by atoms with Gasteiger partial charge in [0.1, 0.15) is 17.2 Å². The Morgan fingerprint density at radius 3 is 2.49 bits per heavy atom. The number of primary sulfonamides is 1. The molecule has 10 nitrogen and oxygen atoms in total. The minimum atomic E-state index is -4.03. The molecule has 0 atom stereocenters. The first-order chi connectivity index (χ1) is 17.3. The number of hydrogen-bond donors (Lipinski definition) is 3. The predicted octanol–water partition coefficient (Wildman–Crippen LogP) is 3.24. The van der Waals surface area contributed by atoms with Crippen LogP contribution in [0, 0.1) is 18.6 Å². The quantitative estimate of drug-likeness (QED) is 0.284. The minimum Gasteiger partial charge on any atom is -0.287 e. The van der Waals surface area contributed by atoms with E-state index in [1.807, 2.05) is 4.72 Å². The van der Waals surface area contributed by atoms with Gasteiger partial charge in [-0.15, -0.1) is 0 Å². The average Bonchev–Trinajstić information content (AvgIpc) is 3.24. The number of hydrogen-bond acceptors (Lipinski definition) is 7. The van der Waals surface area contributed by atoms with E-state index in [2.05, 4.69) is 15.2 Å². The van der Waals surface area contributed by atoms with Crippen molar-refractivity contribution < 1.29 is 30.4 Å². The Hall–Kier alpha value is -3.75. The molecule has 0 fully saturated rings. The van der Waals surface area contributed by atoms with Crippen LogP contribution in [0.1, 0.15) is 35.0 Å². The van der Waals surface area contributed by atoms with Crippen LogP contribution < -0.4 is 9.86 Å². The molecule has 4 aromatic rings. The van der Waals surface area contributed by atoms with Gasteiger partial charge < -0.3 is 0 Å². The summed E-state index contributed by atoms with van der Waals surface area (Å²) in [7, 11) is -7.93. The van der Waals surface area contributed by atoms with Gasteiger partial charge in [-0.2, -0.15) is 5.10 Å². The molecular formula is C23H21F2N5O5S2. The number of nitrogens with one attached hydrogen (secondary N) is 2. The van der Waals surface area contributed by atoms with Crippen molar-refractivity contribution in [3.8, 4) is 11.1 Å². The van der Waals surface area contributed by atoms with Gasteiger partial charge in [0.15, 0.2) is 11.5 Å². The van der Waals surface area contributed by atoms with Crippen molar-refractivity contribution in [1.29, 1.82) is 0 Å². The number of anilines is 1. The number of carbonyl (C=O) groups is 1. The van der Waals surface area contributed by atoms with E-state index in [-0.39, 0.29) is 33.8 Å². The van der Waals surface area contributed by atoms with Crippen molar-refractivity contribution in [1.82, 2.24) is 15.2 Å². The lowest BCUT2D eigenvalue weighted by molar-refractivity contribution is 0.103. The minimum absolute atomic E-state index is 0.0703. The van der Waals surface area contributed by atoms with Crippen molar-refractivity contribution in [3.05, 3.63) is 71.1 Å². The van der Waals surface area contributed by atoms with E-state index in [1.165, 1.54) is 24.4 Å². The van der Waals surface area contributed by atoms with Crippen LogP contribution in [0.2, 0.25) is 0 Å². The number of nitrogens with two attached hydrogens (primary N) is 1. The van der Waals surface area contributed by atoms with Crippen molar-refractivity contribution in [2.24, 2.45) is 5.14 Å². The lowest BCUT2D eigenvalue weighted by Crippen LogP contribution is -2.19. The Labute approximate surface area is 211 Å². The van der Waals surface area contributed by atoms with Gasteiger partial charge in [-0.3, -0.25) is 14.6 Å². The molecule has 0 aliphatic carbocycles. The summed E-state index contributed by atoms with van der Waals surface area (Å²) in [5.74, 6) is -3.81. The molecule has 0 aliphatic heterocycles. The molecule has 2 aromatic carbocycles. The van der Waals surface area contributed by atoms with E-state index in [0.717, 1.165) is 12.1 Å². The van der Waals surface area contributed by atoms with Crippen LogP contribution >= 0.6 is 0 Å². The molecule has 0 amide bonds. The summed E-state index contributed by atoms with van der Waals surface area (Å²) in [6, 6.07) is 7.52. The molecule has 194 valence electrons. The second kappa shape index (κ2) is 9.61. The predicted molar refractivity (Wildman–Crippen MR) is 133 cm³/mol. The highest BCUT2D eigenvalue weighted by Gasteiger charge is 2.25. The van der Waals surface area contributed by atoms with Crippen LogP contribution in [0.3, 0.4) is 0 Å². The molecule has 0 radical (unpaired) electrons. The number of H-pyrrole nitrogens is 1. The van der Waals surface area contributed by atoms with Crippen molar-refractivity contribution >= 4 is 42.6 Å². The van der Waals surface area contributed by atoms with Crippen LogP contribution in [0.25, 0.3) is 22.2 Å². The first kappa shape index (κ1) is 26.3. The summed E-state index contributed by atoms with van der Waals surface area (Å²) in [4.78, 5) is 17.4. The highest BCUT2D eigenvalue weighted by atomic mass is 32.2. The van der Waals surface area contributed by atoms with Crippen molar-refractivity contribution in [2.45, 2.75) is 25.2 Å². The Bertz CT molecular complexity index is 1770. The van der Waals surface area contributed by atoms with E-state index < -0.39 is 48.7 Å². The summed E-state index contributed by atoms with van der Waals surface area (Å²) in [5, 5.41) is 11.9. The summed E-state index contributed by atoms with van der Waals surface area (Å²) >= 11 is 0. The van der Waals surface area contributed by atoms with Gasteiger partial charge in [-0.1, -0.05) is 13.0 Å². The maximum atomic E-state index is 15.2. The molecule has 0 saturated carbocycles. The molecule has 0 aliphatic rings. The second-order valence-electron chi connectivity index (χ2n) is 8.25. The molecule has 4 N–H and O–H groups in total. The highest BCUT2D eigenvalue weighted by Crippen LogP contribution is 2.30. The SMILES string of the molecule is CCCS(=O)(=O)Nc1c(F)ccc(C(=O)c2[nH]nc3ncc(-c4ccc(S(N)(=O)=O)cc4C)cc23)c1F. The van der Waals surface area contributed by atoms with Gasteiger partial charge >= 0.3 is 0 Å². The lowest BCUT2D eigenvalue weighted by Gasteiger charge is -2.11. The first-order valence-corrected chi connectivity index (χ1v) is 14.0. The third-order valence-corrected chi connectivity index (χ3v) is 7.91. The maximum absolute atomic E-state index is 15.2. The molecule has 14 heteroatoms. The number of nitrogens with zero attached hydrogens (tertiary/aromatic N) is 2. The Balaban J connectivity index is 1.78. The fraction of sp³-hybridized carbons (Fsp3) is 0.174. The number of sulfonamides is 2. The number of benzene rings is 2.